The van der Waals surface area contributed by atoms with Crippen molar-refractivity contribution in [2.75, 3.05) is 38.7 Å². The lowest BCUT2D eigenvalue weighted by Crippen LogP contribution is -2.33. The smallest absolute Gasteiger partial charge is 0.222 e. The highest BCUT2D eigenvalue weighted by Gasteiger charge is 2.10. The van der Waals surface area contributed by atoms with Gasteiger partial charge in [0.1, 0.15) is 6.54 Å². The summed E-state index contributed by atoms with van der Waals surface area (Å²) in [6.07, 6.45) is 24.2. The number of carbonyl (C=O) groups is 2. The Morgan fingerprint density at radius 3 is 1.60 bits per heavy atom. The van der Waals surface area contributed by atoms with Crippen LogP contribution in [-0.4, -0.2) is 64.9 Å². The van der Waals surface area contributed by atoms with Gasteiger partial charge in [-0.1, -0.05) is 106 Å². The van der Waals surface area contributed by atoms with E-state index in [1.165, 1.54) is 33.4 Å². The second-order valence-corrected chi connectivity index (χ2v) is 16.6. The molecule has 6 nitrogen and oxygen atoms in total. The summed E-state index contributed by atoms with van der Waals surface area (Å²) < 4.78 is 4.44. The number of rotatable bonds is 23. The number of aryl methyl sites for hydroxylation is 4. The molecule has 2 aromatic carbocycles. The van der Waals surface area contributed by atoms with Crippen LogP contribution in [0, 0.1) is 13.8 Å². The van der Waals surface area contributed by atoms with Gasteiger partial charge in [-0.2, -0.15) is 0 Å². The summed E-state index contributed by atoms with van der Waals surface area (Å²) in [5.41, 5.74) is 7.34. The fourth-order valence-electron chi connectivity index (χ4n) is 5.77. The Kier molecular flexibility index (Phi) is 18.6. The predicted molar refractivity (Wildman–Crippen MR) is 228 cm³/mol. The minimum Gasteiger partial charge on any atom is -0.354 e. The van der Waals surface area contributed by atoms with E-state index in [1.807, 2.05) is 45.5 Å². The number of hydrogen-bond donors (Lipinski definition) is 0. The number of carbonyl (C=O) groups excluding carboxylic acids is 2. The van der Waals surface area contributed by atoms with Gasteiger partial charge in [0.05, 0.1) is 0 Å². The Morgan fingerprint density at radius 1 is 0.604 bits per heavy atom. The molecule has 0 spiro atoms. The van der Waals surface area contributed by atoms with Crippen molar-refractivity contribution in [2.45, 2.75) is 78.3 Å². The van der Waals surface area contributed by atoms with Crippen LogP contribution in [0.4, 0.5) is 0 Å². The van der Waals surface area contributed by atoms with Gasteiger partial charge in [-0.25, -0.2) is 4.57 Å². The normalized spacial score (nSPS) is 11.5. The van der Waals surface area contributed by atoms with Crippen molar-refractivity contribution in [2.24, 2.45) is 0 Å². The lowest BCUT2D eigenvalue weighted by atomic mass is 10.1. The number of benzene rings is 2. The number of pyridine rings is 1. The molecule has 4 rings (SSSR count). The van der Waals surface area contributed by atoms with Crippen LogP contribution in [0.25, 0.3) is 24.3 Å². The van der Waals surface area contributed by atoms with Crippen molar-refractivity contribution in [3.63, 3.8) is 0 Å². The van der Waals surface area contributed by atoms with Crippen molar-refractivity contribution in [3.05, 3.63) is 125 Å². The molecule has 0 saturated carbocycles. The first-order valence-corrected chi connectivity index (χ1v) is 21.6. The number of amides is 2. The van der Waals surface area contributed by atoms with Crippen LogP contribution < -0.4 is 4.57 Å². The minimum absolute atomic E-state index is 0.228. The standard InChI is InChI=1S/C45H59N4O2S2/c1-38-13-17-40(18-14-38)21-22-42-25-32-48(33-26-42)30-7-5-28-46(3)44(50)11-9-35-52-53-36-10-12-45(51)47(4)29-6-8-31-49-34-27-43(37-49)24-23-41-19-15-39(2)16-20-41/h13-27,32-34,37H,5-12,28-31,35-36H2,1-4H3/q+1/b22-21+,24-23+. The van der Waals surface area contributed by atoms with Gasteiger partial charge in [0.2, 0.25) is 11.8 Å². The number of unbranched alkanes of at least 4 members (excludes halogenated alkanes) is 2. The van der Waals surface area contributed by atoms with E-state index in [4.69, 9.17) is 0 Å². The molecule has 0 fully saturated rings. The fraction of sp³-hybridized carbons (Fsp3) is 0.400. The number of hydrogen-bond acceptors (Lipinski definition) is 4. The van der Waals surface area contributed by atoms with Gasteiger partial charge < -0.3 is 14.4 Å². The van der Waals surface area contributed by atoms with Crippen LogP contribution in [0.5, 0.6) is 0 Å². The monoisotopic (exact) mass is 751 g/mol. The summed E-state index contributed by atoms with van der Waals surface area (Å²) >= 11 is 0. The fourth-order valence-corrected chi connectivity index (χ4v) is 7.94. The first-order chi connectivity index (χ1) is 25.7. The SMILES string of the molecule is Cc1ccc(/C=C/c2cc[n+](CCCCN(C)C(=O)CCCSSCCCC(=O)N(C)CCCCn3ccc(/C=C/c4ccc(C)cc4)c3)cc2)cc1. The molecule has 4 aromatic rings. The minimum atomic E-state index is 0.228. The molecule has 0 bridgehead atoms. The van der Waals surface area contributed by atoms with Gasteiger partial charge in [0.15, 0.2) is 12.4 Å². The maximum atomic E-state index is 12.6. The summed E-state index contributed by atoms with van der Waals surface area (Å²) in [6, 6.07) is 23.5. The van der Waals surface area contributed by atoms with Gasteiger partial charge in [-0.15, -0.1) is 0 Å². The van der Waals surface area contributed by atoms with E-state index in [-0.39, 0.29) is 11.8 Å². The third-order valence-corrected chi connectivity index (χ3v) is 11.8. The van der Waals surface area contributed by atoms with Crippen molar-refractivity contribution < 1.29 is 14.2 Å². The van der Waals surface area contributed by atoms with Crippen LogP contribution in [0.2, 0.25) is 0 Å². The van der Waals surface area contributed by atoms with Gasteiger partial charge >= 0.3 is 0 Å². The van der Waals surface area contributed by atoms with E-state index >= 15 is 0 Å². The first-order valence-electron chi connectivity index (χ1n) is 19.1. The molecule has 53 heavy (non-hydrogen) atoms. The summed E-state index contributed by atoms with van der Waals surface area (Å²) in [6.45, 7) is 7.70. The summed E-state index contributed by atoms with van der Waals surface area (Å²) in [5, 5.41) is 0. The third-order valence-electron chi connectivity index (χ3n) is 9.27. The van der Waals surface area contributed by atoms with Gasteiger partial charge in [0.25, 0.3) is 0 Å². The average molecular weight is 752 g/mol. The van der Waals surface area contributed by atoms with Gasteiger partial charge in [-0.3, -0.25) is 9.59 Å². The van der Waals surface area contributed by atoms with Crippen LogP contribution in [0.15, 0.2) is 91.5 Å². The van der Waals surface area contributed by atoms with Crippen LogP contribution in [0.3, 0.4) is 0 Å². The molecule has 0 aliphatic heterocycles. The Labute approximate surface area is 326 Å². The zero-order valence-corrected chi connectivity index (χ0v) is 33.9. The largest absolute Gasteiger partial charge is 0.354 e. The maximum absolute atomic E-state index is 12.6. The summed E-state index contributed by atoms with van der Waals surface area (Å²) in [4.78, 5) is 29.0. The quantitative estimate of drug-likeness (QED) is 0.0430. The first kappa shape index (κ1) is 41.7. The summed E-state index contributed by atoms with van der Waals surface area (Å²) in [5.74, 6) is 2.37. The van der Waals surface area contributed by atoms with Crippen LogP contribution >= 0.6 is 21.6 Å². The number of nitrogens with zero attached hydrogens (tertiary/aromatic N) is 4. The van der Waals surface area contributed by atoms with E-state index < -0.39 is 0 Å². The third kappa shape index (κ3) is 16.7. The highest BCUT2D eigenvalue weighted by Crippen LogP contribution is 2.24. The zero-order chi connectivity index (χ0) is 37.7. The van der Waals surface area contributed by atoms with Crippen molar-refractivity contribution in [1.82, 2.24) is 14.4 Å². The van der Waals surface area contributed by atoms with Gasteiger partial charge in [0, 0.05) is 89.0 Å². The molecule has 282 valence electrons. The van der Waals surface area contributed by atoms with Crippen LogP contribution in [0.1, 0.15) is 84.7 Å². The molecule has 2 aromatic heterocycles. The van der Waals surface area contributed by atoms with E-state index in [0.717, 1.165) is 76.2 Å². The van der Waals surface area contributed by atoms with E-state index in [9.17, 15) is 9.59 Å². The Hall–Kier alpha value is -4.01. The molecule has 0 unspecified atom stereocenters. The lowest BCUT2D eigenvalue weighted by Gasteiger charge is -2.17. The van der Waals surface area contributed by atoms with Crippen molar-refractivity contribution >= 4 is 57.7 Å². The van der Waals surface area contributed by atoms with Gasteiger partial charge in [-0.05, 0) is 74.3 Å². The zero-order valence-electron chi connectivity index (χ0n) is 32.3. The topological polar surface area (TPSA) is 49.4 Å². The average Bonchev–Trinajstić information content (AvgIpc) is 3.63. The van der Waals surface area contributed by atoms with Crippen LogP contribution in [-0.2, 0) is 22.7 Å². The molecule has 0 aliphatic rings. The molecule has 0 radical (unpaired) electrons. The van der Waals surface area contributed by atoms with Crippen molar-refractivity contribution in [3.8, 4) is 0 Å². The molecule has 0 N–H and O–H groups in total. The van der Waals surface area contributed by atoms with E-state index in [2.05, 4.69) is 139 Å². The second kappa shape index (κ2) is 23.6. The predicted octanol–water partition coefficient (Wildman–Crippen LogP) is 9.85. The summed E-state index contributed by atoms with van der Waals surface area (Å²) in [7, 11) is 7.48. The van der Waals surface area contributed by atoms with Crippen molar-refractivity contribution in [1.29, 1.82) is 0 Å². The highest BCUT2D eigenvalue weighted by molar-refractivity contribution is 8.76. The Morgan fingerprint density at radius 2 is 1.08 bits per heavy atom. The van der Waals surface area contributed by atoms with E-state index in [1.54, 1.807) is 0 Å². The molecule has 0 aliphatic carbocycles. The molecule has 8 heteroatoms. The molecular formula is C45H59N4O2S2+. The molecule has 0 saturated heterocycles. The maximum Gasteiger partial charge on any atom is 0.222 e. The Bertz CT molecular complexity index is 1710. The van der Waals surface area contributed by atoms with E-state index in [0.29, 0.717) is 12.8 Å². The highest BCUT2D eigenvalue weighted by atomic mass is 33.1. The lowest BCUT2D eigenvalue weighted by molar-refractivity contribution is -0.697. The molecule has 2 heterocycles. The number of aromatic nitrogens is 2. The second-order valence-electron chi connectivity index (χ2n) is 13.9. The molecule has 2 amide bonds. The Balaban J connectivity index is 0.948. The molecular weight excluding hydrogens is 693 g/mol. The molecule has 0 atom stereocenters.